The molecule has 0 aromatic carbocycles. The number of halogens is 3. The molecule has 10 heteroatoms. The third kappa shape index (κ3) is 5.31. The molecule has 0 radical (unpaired) electrons. The van der Waals surface area contributed by atoms with Gasteiger partial charge in [0.1, 0.15) is 6.07 Å². The molecule has 112 valence electrons. The van der Waals surface area contributed by atoms with Crippen LogP contribution in [-0.2, 0) is 19.1 Å². The summed E-state index contributed by atoms with van der Waals surface area (Å²) in [7, 11) is -4.48. The van der Waals surface area contributed by atoms with E-state index < -0.39 is 21.3 Å². The minimum absolute atomic E-state index is 0.0984. The summed E-state index contributed by atoms with van der Waals surface area (Å²) < 4.78 is 65.3. The van der Waals surface area contributed by atoms with Crippen LogP contribution in [0.5, 0.6) is 0 Å². The highest BCUT2D eigenvalue weighted by Gasteiger charge is 2.49. The van der Waals surface area contributed by atoms with E-state index in [1.807, 2.05) is 0 Å². The lowest BCUT2D eigenvalue weighted by Crippen LogP contribution is -2.24. The van der Waals surface area contributed by atoms with Crippen LogP contribution < -0.4 is 0 Å². The van der Waals surface area contributed by atoms with Crippen LogP contribution in [-0.4, -0.2) is 26.7 Å². The molecule has 0 rings (SSSR count). The average molecular weight is 312 g/mol. The summed E-state index contributed by atoms with van der Waals surface area (Å²) in [5.41, 5.74) is -6.12. The van der Waals surface area contributed by atoms with Crippen molar-refractivity contribution in [3.63, 3.8) is 0 Å². The van der Waals surface area contributed by atoms with Gasteiger partial charge in [-0.05, 0) is 25.5 Å². The SMILES string of the molecule is CO/C(C)=C/C=C(C)/C(C#N)=N\OS(=O)(=O)C(F)(F)F. The maximum Gasteiger partial charge on any atom is 0.536 e. The number of nitrogens with zero attached hydrogens (tertiary/aromatic N) is 2. The lowest BCUT2D eigenvalue weighted by atomic mass is 10.2. The Hall–Kier alpha value is -2.02. The summed E-state index contributed by atoms with van der Waals surface area (Å²) in [6.07, 6.45) is 2.73. The van der Waals surface area contributed by atoms with E-state index in [1.54, 1.807) is 6.92 Å². The van der Waals surface area contributed by atoms with Crippen LogP contribution in [0.4, 0.5) is 13.2 Å². The van der Waals surface area contributed by atoms with E-state index in [9.17, 15) is 21.6 Å². The van der Waals surface area contributed by atoms with Crippen LogP contribution in [0.3, 0.4) is 0 Å². The highest BCUT2D eigenvalue weighted by molar-refractivity contribution is 7.87. The molecular weight excluding hydrogens is 301 g/mol. The quantitative estimate of drug-likeness (QED) is 0.255. The average Bonchev–Trinajstić information content (AvgIpc) is 2.34. The Morgan fingerprint density at radius 1 is 1.30 bits per heavy atom. The molecule has 0 aliphatic carbocycles. The van der Waals surface area contributed by atoms with Gasteiger partial charge in [0.15, 0.2) is 5.71 Å². The van der Waals surface area contributed by atoms with Gasteiger partial charge in [-0.25, -0.2) is 0 Å². The van der Waals surface area contributed by atoms with Gasteiger partial charge in [0.05, 0.1) is 12.9 Å². The molecule has 0 spiro atoms. The monoisotopic (exact) mass is 312 g/mol. The molecular formula is C10H11F3N2O4S. The molecule has 0 unspecified atom stereocenters. The minimum atomic E-state index is -5.88. The van der Waals surface area contributed by atoms with Crippen LogP contribution in [0.1, 0.15) is 13.8 Å². The van der Waals surface area contributed by atoms with Gasteiger partial charge in [0.25, 0.3) is 0 Å². The van der Waals surface area contributed by atoms with Crippen LogP contribution >= 0.6 is 0 Å². The number of oxime groups is 1. The van der Waals surface area contributed by atoms with Gasteiger partial charge < -0.3 is 4.74 Å². The van der Waals surface area contributed by atoms with Crippen molar-refractivity contribution < 1.29 is 30.6 Å². The molecule has 0 fully saturated rings. The molecule has 0 N–H and O–H groups in total. The van der Waals surface area contributed by atoms with E-state index in [1.165, 1.54) is 32.3 Å². The molecule has 0 amide bonds. The zero-order valence-electron chi connectivity index (χ0n) is 10.7. The van der Waals surface area contributed by atoms with Gasteiger partial charge >= 0.3 is 15.6 Å². The topological polar surface area (TPSA) is 88.8 Å². The standard InChI is InChI=1S/C10H11F3N2O4S/c1-7(4-5-8(2)18-3)9(6-14)15-19-20(16,17)10(11,12)13/h4-5H,1-3H3/b7-4+,8-5+,15-9-. The fraction of sp³-hybridized carbons (Fsp3) is 0.400. The summed E-state index contributed by atoms with van der Waals surface area (Å²) >= 11 is 0. The molecule has 0 aliphatic rings. The van der Waals surface area contributed by atoms with E-state index in [0.717, 1.165) is 0 Å². The van der Waals surface area contributed by atoms with E-state index >= 15 is 0 Å². The summed E-state index contributed by atoms with van der Waals surface area (Å²) in [6.45, 7) is 2.93. The fourth-order valence-corrected chi connectivity index (χ4v) is 0.956. The Kier molecular flexibility index (Phi) is 6.25. The van der Waals surface area contributed by atoms with Gasteiger partial charge in [-0.2, -0.15) is 26.9 Å². The number of methoxy groups -OCH3 is 1. The van der Waals surface area contributed by atoms with Gasteiger partial charge in [-0.15, -0.1) is 0 Å². The molecule has 0 atom stereocenters. The van der Waals surface area contributed by atoms with Crippen LogP contribution in [0.2, 0.25) is 0 Å². The lowest BCUT2D eigenvalue weighted by Gasteiger charge is -2.04. The molecule has 0 bridgehead atoms. The number of allylic oxidation sites excluding steroid dienone is 4. The normalized spacial score (nSPS) is 14.8. The Bertz CT molecular complexity index is 583. The highest BCUT2D eigenvalue weighted by Crippen LogP contribution is 2.24. The number of nitriles is 1. The van der Waals surface area contributed by atoms with E-state index in [0.29, 0.717) is 5.76 Å². The highest BCUT2D eigenvalue weighted by atomic mass is 32.2. The number of rotatable bonds is 5. The molecule has 0 aliphatic heterocycles. The Labute approximate surface area is 113 Å². The van der Waals surface area contributed by atoms with Crippen molar-refractivity contribution in [3.05, 3.63) is 23.5 Å². The maximum absolute atomic E-state index is 12.0. The smallest absolute Gasteiger partial charge is 0.501 e. The van der Waals surface area contributed by atoms with E-state index in [4.69, 9.17) is 10.00 Å². The molecule has 0 aromatic heterocycles. The molecule has 20 heavy (non-hydrogen) atoms. The third-order valence-electron chi connectivity index (χ3n) is 1.88. The zero-order chi connectivity index (χ0) is 16.0. The van der Waals surface area contributed by atoms with E-state index in [-0.39, 0.29) is 5.57 Å². The van der Waals surface area contributed by atoms with Crippen molar-refractivity contribution in [1.82, 2.24) is 0 Å². The predicted octanol–water partition coefficient (Wildman–Crippen LogP) is 2.23. The minimum Gasteiger partial charge on any atom is -0.501 e. The first kappa shape index (κ1) is 18.0. The van der Waals surface area contributed by atoms with Gasteiger partial charge in [-0.3, -0.25) is 4.28 Å². The molecule has 0 heterocycles. The van der Waals surface area contributed by atoms with Crippen molar-refractivity contribution in [3.8, 4) is 6.07 Å². The predicted molar refractivity (Wildman–Crippen MR) is 63.6 cm³/mol. The summed E-state index contributed by atoms with van der Waals surface area (Å²) in [5, 5.41) is 11.4. The number of hydrogen-bond acceptors (Lipinski definition) is 6. The summed E-state index contributed by atoms with van der Waals surface area (Å²) in [6, 6.07) is 1.42. The molecule has 0 saturated heterocycles. The second-order valence-corrected chi connectivity index (χ2v) is 4.88. The van der Waals surface area contributed by atoms with Crippen molar-refractivity contribution in [2.45, 2.75) is 19.4 Å². The van der Waals surface area contributed by atoms with Gasteiger partial charge in [-0.1, -0.05) is 11.2 Å². The van der Waals surface area contributed by atoms with Crippen molar-refractivity contribution in [2.75, 3.05) is 7.11 Å². The zero-order valence-corrected chi connectivity index (χ0v) is 11.5. The fourth-order valence-electron chi connectivity index (χ4n) is 0.699. The number of hydrogen-bond donors (Lipinski definition) is 0. The maximum atomic E-state index is 12.0. The van der Waals surface area contributed by atoms with Crippen LogP contribution in [0, 0.1) is 11.3 Å². The Morgan fingerprint density at radius 3 is 2.25 bits per heavy atom. The van der Waals surface area contributed by atoms with Crippen molar-refractivity contribution in [2.24, 2.45) is 5.16 Å². The van der Waals surface area contributed by atoms with Crippen molar-refractivity contribution in [1.29, 1.82) is 5.26 Å². The summed E-state index contributed by atoms with van der Waals surface area (Å²) in [5.74, 6) is 0.463. The second kappa shape index (κ2) is 6.95. The largest absolute Gasteiger partial charge is 0.536 e. The molecule has 6 nitrogen and oxygen atoms in total. The van der Waals surface area contributed by atoms with Crippen LogP contribution in [0.25, 0.3) is 0 Å². The lowest BCUT2D eigenvalue weighted by molar-refractivity contribution is -0.0540. The van der Waals surface area contributed by atoms with Gasteiger partial charge in [0, 0.05) is 0 Å². The number of ether oxygens (including phenoxy) is 1. The molecule has 0 aromatic rings. The number of alkyl halides is 3. The second-order valence-electron chi connectivity index (χ2n) is 3.36. The first-order chi connectivity index (χ1) is 9.05. The summed E-state index contributed by atoms with van der Waals surface area (Å²) in [4.78, 5) is 0. The van der Waals surface area contributed by atoms with Crippen LogP contribution in [0.15, 0.2) is 28.6 Å². The van der Waals surface area contributed by atoms with E-state index in [2.05, 4.69) is 9.44 Å². The Balaban J connectivity index is 5.24. The first-order valence-electron chi connectivity index (χ1n) is 4.92. The first-order valence-corrected chi connectivity index (χ1v) is 6.33. The van der Waals surface area contributed by atoms with Gasteiger partial charge in [0.2, 0.25) is 0 Å². The third-order valence-corrected chi connectivity index (χ3v) is 2.72. The Morgan fingerprint density at radius 2 is 1.85 bits per heavy atom. The molecule has 0 saturated carbocycles. The van der Waals surface area contributed by atoms with Crippen molar-refractivity contribution >= 4 is 15.8 Å².